The SMILES string of the molecule is C=C(C)C(=O)Nc1ccc(-c2c(-c3ccc(N=S4(=O)CCCC4)cc3)c3c(N)ncnc3n2CC(C)(C)O)c(F)c1. The van der Waals surface area contributed by atoms with Crippen LogP contribution in [0.25, 0.3) is 33.4 Å². The summed E-state index contributed by atoms with van der Waals surface area (Å²) < 4.78 is 35.1. The Hall–Kier alpha value is -4.09. The van der Waals surface area contributed by atoms with Crippen LogP contribution in [0.2, 0.25) is 0 Å². The smallest absolute Gasteiger partial charge is 0.250 e. The Balaban J connectivity index is 1.74. The number of halogens is 1. The van der Waals surface area contributed by atoms with Gasteiger partial charge in [-0.15, -0.1) is 0 Å². The quantitative estimate of drug-likeness (QED) is 0.243. The van der Waals surface area contributed by atoms with Crippen molar-refractivity contribution in [3.63, 3.8) is 0 Å². The van der Waals surface area contributed by atoms with Gasteiger partial charge in [0.05, 0.1) is 38.6 Å². The Labute approximate surface area is 238 Å². The summed E-state index contributed by atoms with van der Waals surface area (Å²) in [6.07, 6.45) is 3.15. The zero-order valence-electron chi connectivity index (χ0n) is 23.3. The van der Waals surface area contributed by atoms with Crippen molar-refractivity contribution in [3.05, 3.63) is 66.8 Å². The molecule has 214 valence electrons. The van der Waals surface area contributed by atoms with Gasteiger partial charge in [0.25, 0.3) is 5.91 Å². The number of nitrogens with two attached hydrogens (primary N) is 1. The summed E-state index contributed by atoms with van der Waals surface area (Å²) in [7, 11) is -2.25. The third-order valence-electron chi connectivity index (χ3n) is 6.89. The van der Waals surface area contributed by atoms with Gasteiger partial charge in [0.2, 0.25) is 0 Å². The number of carbonyl (C=O) groups excluding carboxylic acids is 1. The number of hydrogen-bond donors (Lipinski definition) is 3. The van der Waals surface area contributed by atoms with E-state index in [0.29, 0.717) is 50.6 Å². The molecule has 0 bridgehead atoms. The first-order valence-corrected chi connectivity index (χ1v) is 15.2. The van der Waals surface area contributed by atoms with E-state index in [4.69, 9.17) is 5.73 Å². The highest BCUT2D eigenvalue weighted by molar-refractivity contribution is 7.93. The molecular formula is C30H33FN6O3S. The average Bonchev–Trinajstić information content (AvgIpc) is 3.46. The fraction of sp³-hybridized carbons (Fsp3) is 0.300. The van der Waals surface area contributed by atoms with Gasteiger partial charge in [-0.1, -0.05) is 18.7 Å². The number of aliphatic hydroxyl groups is 1. The number of nitrogens with zero attached hydrogens (tertiary/aromatic N) is 4. The van der Waals surface area contributed by atoms with Crippen molar-refractivity contribution in [2.45, 2.75) is 45.8 Å². The van der Waals surface area contributed by atoms with Gasteiger partial charge in [-0.05, 0) is 69.5 Å². The molecule has 0 radical (unpaired) electrons. The molecule has 4 N–H and O–H groups in total. The summed E-state index contributed by atoms with van der Waals surface area (Å²) in [5, 5.41) is 14.0. The van der Waals surface area contributed by atoms with Crippen LogP contribution in [0.3, 0.4) is 0 Å². The Morgan fingerprint density at radius 3 is 2.49 bits per heavy atom. The molecule has 0 atom stereocenters. The van der Waals surface area contributed by atoms with Crippen molar-refractivity contribution >= 4 is 43.9 Å². The van der Waals surface area contributed by atoms with Crippen LogP contribution in [0.1, 0.15) is 33.6 Å². The monoisotopic (exact) mass is 576 g/mol. The summed E-state index contributed by atoms with van der Waals surface area (Å²) in [6.45, 7) is 8.57. The lowest BCUT2D eigenvalue weighted by Crippen LogP contribution is -2.26. The number of nitrogens with one attached hydrogen (secondary N) is 1. The average molecular weight is 577 g/mol. The standard InChI is InChI=1S/C30H33FN6O3S/c1-18(2)29(38)35-21-11-12-22(23(31)15-21)26-24(19-7-9-20(10-8-19)36-41(40)13-5-6-14-41)25-27(32)33-17-34-28(25)37(26)16-30(3,4)39/h7-12,15,17,39H,1,5-6,13-14,16H2,2-4H3,(H,35,38)(H2,32,33,34). The summed E-state index contributed by atoms with van der Waals surface area (Å²) in [4.78, 5) is 20.8. The molecule has 9 nitrogen and oxygen atoms in total. The zero-order valence-corrected chi connectivity index (χ0v) is 24.1. The van der Waals surface area contributed by atoms with Crippen LogP contribution in [-0.4, -0.2) is 46.9 Å². The van der Waals surface area contributed by atoms with Crippen molar-refractivity contribution in [1.29, 1.82) is 0 Å². The molecule has 4 aromatic rings. The van der Waals surface area contributed by atoms with Crippen LogP contribution in [-0.2, 0) is 21.1 Å². The fourth-order valence-corrected chi connectivity index (χ4v) is 7.25. The molecule has 41 heavy (non-hydrogen) atoms. The van der Waals surface area contributed by atoms with E-state index in [1.165, 1.54) is 12.4 Å². The van der Waals surface area contributed by atoms with E-state index in [1.807, 2.05) is 12.1 Å². The largest absolute Gasteiger partial charge is 0.389 e. The minimum atomic E-state index is -2.25. The second-order valence-electron chi connectivity index (χ2n) is 11.0. The van der Waals surface area contributed by atoms with E-state index >= 15 is 4.39 Å². The van der Waals surface area contributed by atoms with E-state index in [-0.39, 0.29) is 23.6 Å². The molecule has 0 spiro atoms. The van der Waals surface area contributed by atoms with E-state index in [9.17, 15) is 14.1 Å². The first-order chi connectivity index (χ1) is 19.3. The minimum absolute atomic E-state index is 0.0817. The van der Waals surface area contributed by atoms with Gasteiger partial charge in [-0.3, -0.25) is 4.79 Å². The second kappa shape index (κ2) is 10.7. The Bertz CT molecular complexity index is 1790. The number of nitrogen functional groups attached to an aromatic ring is 1. The molecule has 2 aromatic carbocycles. The first kappa shape index (κ1) is 28.4. The van der Waals surface area contributed by atoms with Crippen molar-refractivity contribution in [3.8, 4) is 22.4 Å². The topological polar surface area (TPSA) is 135 Å². The summed E-state index contributed by atoms with van der Waals surface area (Å²) >= 11 is 0. The first-order valence-electron chi connectivity index (χ1n) is 13.3. The van der Waals surface area contributed by atoms with Gasteiger partial charge >= 0.3 is 0 Å². The van der Waals surface area contributed by atoms with Gasteiger partial charge in [-0.2, -0.15) is 4.36 Å². The minimum Gasteiger partial charge on any atom is -0.389 e. The number of carbonyl (C=O) groups is 1. The number of fused-ring (bicyclic) bond motifs is 1. The summed E-state index contributed by atoms with van der Waals surface area (Å²) in [6, 6.07) is 11.6. The molecule has 2 aromatic heterocycles. The number of aromatic nitrogens is 3. The van der Waals surface area contributed by atoms with Crippen molar-refractivity contribution < 1.29 is 18.5 Å². The summed E-state index contributed by atoms with van der Waals surface area (Å²) in [5.41, 5.74) is 8.75. The van der Waals surface area contributed by atoms with Crippen LogP contribution < -0.4 is 11.1 Å². The maximum absolute atomic E-state index is 15.9. The van der Waals surface area contributed by atoms with Crippen LogP contribution in [0.15, 0.2) is 65.3 Å². The number of rotatable bonds is 7. The number of anilines is 2. The summed E-state index contributed by atoms with van der Waals surface area (Å²) in [5.74, 6) is 0.386. The highest BCUT2D eigenvalue weighted by Gasteiger charge is 2.28. The predicted octanol–water partition coefficient (Wildman–Crippen LogP) is 5.67. The van der Waals surface area contributed by atoms with E-state index in [2.05, 4.69) is 26.2 Å². The Kier molecular flexibility index (Phi) is 7.43. The maximum atomic E-state index is 15.9. The van der Waals surface area contributed by atoms with E-state index in [1.54, 1.807) is 49.6 Å². The molecule has 0 aliphatic carbocycles. The lowest BCUT2D eigenvalue weighted by Gasteiger charge is -2.21. The zero-order chi connectivity index (χ0) is 29.5. The van der Waals surface area contributed by atoms with Crippen molar-refractivity contribution in [2.24, 2.45) is 4.36 Å². The van der Waals surface area contributed by atoms with E-state index < -0.39 is 27.1 Å². The van der Waals surface area contributed by atoms with Gasteiger partial charge in [0.1, 0.15) is 23.6 Å². The molecule has 0 saturated carbocycles. The molecule has 5 rings (SSSR count). The van der Waals surface area contributed by atoms with Crippen molar-refractivity contribution in [2.75, 3.05) is 22.6 Å². The molecule has 0 unspecified atom stereocenters. The molecule has 11 heteroatoms. The van der Waals surface area contributed by atoms with Gasteiger partial charge in [0, 0.05) is 33.9 Å². The van der Waals surface area contributed by atoms with Crippen LogP contribution in [0.4, 0.5) is 21.6 Å². The lowest BCUT2D eigenvalue weighted by molar-refractivity contribution is -0.112. The van der Waals surface area contributed by atoms with Gasteiger partial charge in [-0.25, -0.2) is 18.6 Å². The van der Waals surface area contributed by atoms with Gasteiger partial charge in [0.15, 0.2) is 0 Å². The number of hydrogen-bond acceptors (Lipinski definition) is 7. The molecule has 1 aliphatic rings. The Morgan fingerprint density at radius 2 is 1.88 bits per heavy atom. The van der Waals surface area contributed by atoms with Gasteiger partial charge < -0.3 is 20.7 Å². The Morgan fingerprint density at radius 1 is 1.20 bits per heavy atom. The third-order valence-corrected chi connectivity index (χ3v) is 9.28. The van der Waals surface area contributed by atoms with Crippen molar-refractivity contribution in [1.82, 2.24) is 14.5 Å². The van der Waals surface area contributed by atoms with Crippen LogP contribution in [0.5, 0.6) is 0 Å². The molecule has 1 aliphatic heterocycles. The lowest BCUT2D eigenvalue weighted by atomic mass is 9.97. The molecule has 1 fully saturated rings. The fourth-order valence-electron chi connectivity index (χ4n) is 5.05. The van der Waals surface area contributed by atoms with E-state index in [0.717, 1.165) is 12.8 Å². The predicted molar refractivity (Wildman–Crippen MR) is 162 cm³/mol. The maximum Gasteiger partial charge on any atom is 0.250 e. The second-order valence-corrected chi connectivity index (χ2v) is 13.6. The number of amides is 1. The van der Waals surface area contributed by atoms with Crippen LogP contribution >= 0.6 is 0 Å². The molecule has 1 saturated heterocycles. The molecule has 1 amide bonds. The highest BCUT2D eigenvalue weighted by atomic mass is 32.2. The third kappa shape index (κ3) is 5.86. The normalized spacial score (nSPS) is 14.8. The van der Waals surface area contributed by atoms with Crippen LogP contribution in [0, 0.1) is 5.82 Å². The highest BCUT2D eigenvalue weighted by Crippen LogP contribution is 2.44. The number of benzene rings is 2. The molecular weight excluding hydrogens is 543 g/mol. The molecule has 3 heterocycles.